The van der Waals surface area contributed by atoms with Crippen molar-refractivity contribution in [1.82, 2.24) is 0 Å². The maximum absolute atomic E-state index is 3.74. The fourth-order valence-electron chi connectivity index (χ4n) is 1.73. The molecule has 0 amide bonds. The monoisotopic (exact) mass is 140 g/mol. The van der Waals surface area contributed by atoms with Gasteiger partial charge in [0.15, 0.2) is 0 Å². The Labute approximate surface area is 63.9 Å². The smallest absolute Gasteiger partial charge is 0.0819 e. The maximum Gasteiger partial charge on any atom is 0.0819 e. The summed E-state index contributed by atoms with van der Waals surface area (Å²) in [5, 5.41) is 0. The third kappa shape index (κ3) is 1.84. The Morgan fingerprint density at radius 1 is 1.40 bits per heavy atom. The molecular formula is C9H18N+. The Morgan fingerprint density at radius 3 is 2.50 bits per heavy atom. The lowest BCUT2D eigenvalue weighted by Crippen LogP contribution is -2.41. The summed E-state index contributed by atoms with van der Waals surface area (Å²) in [6, 6.07) is 0. The number of hydrogen-bond donors (Lipinski definition) is 0. The second kappa shape index (κ2) is 3.20. The van der Waals surface area contributed by atoms with E-state index in [2.05, 4.69) is 13.6 Å². The molecule has 1 aliphatic rings. The van der Waals surface area contributed by atoms with Gasteiger partial charge in [-0.05, 0) is 0 Å². The summed E-state index contributed by atoms with van der Waals surface area (Å²) in [5.74, 6) is 0. The minimum Gasteiger partial charge on any atom is -0.326 e. The highest BCUT2D eigenvalue weighted by molar-refractivity contribution is 4.66. The van der Waals surface area contributed by atoms with Crippen LogP contribution in [0.25, 0.3) is 0 Å². The summed E-state index contributed by atoms with van der Waals surface area (Å²) < 4.78 is 1.28. The van der Waals surface area contributed by atoms with Gasteiger partial charge in [0.25, 0.3) is 0 Å². The van der Waals surface area contributed by atoms with Crippen molar-refractivity contribution in [3.05, 3.63) is 12.7 Å². The molecule has 0 spiro atoms. The van der Waals surface area contributed by atoms with Crippen molar-refractivity contribution in [2.45, 2.75) is 19.3 Å². The lowest BCUT2D eigenvalue weighted by atomic mass is 10.3. The Hall–Kier alpha value is -0.300. The minimum absolute atomic E-state index is 1.18. The van der Waals surface area contributed by atoms with Gasteiger partial charge in [0.2, 0.25) is 0 Å². The summed E-state index contributed by atoms with van der Waals surface area (Å²) in [4.78, 5) is 0. The summed E-state index contributed by atoms with van der Waals surface area (Å²) in [6.45, 7) is 7.80. The molecule has 1 heteroatoms. The molecule has 0 aromatic rings. The highest BCUT2D eigenvalue weighted by Crippen LogP contribution is 2.16. The van der Waals surface area contributed by atoms with Crippen LogP contribution in [0.2, 0.25) is 0 Å². The van der Waals surface area contributed by atoms with Gasteiger partial charge in [-0.2, -0.15) is 0 Å². The SMILES string of the molecule is C=CCC[N+]1(C)CCCC1. The van der Waals surface area contributed by atoms with Crippen LogP contribution in [0.5, 0.6) is 0 Å². The van der Waals surface area contributed by atoms with Crippen molar-refractivity contribution >= 4 is 0 Å². The van der Waals surface area contributed by atoms with Crippen molar-refractivity contribution < 1.29 is 4.48 Å². The van der Waals surface area contributed by atoms with Crippen LogP contribution in [0.1, 0.15) is 19.3 Å². The Morgan fingerprint density at radius 2 is 2.00 bits per heavy atom. The fraction of sp³-hybridized carbons (Fsp3) is 0.778. The number of nitrogens with zero attached hydrogens (tertiary/aromatic N) is 1. The molecule has 0 N–H and O–H groups in total. The van der Waals surface area contributed by atoms with Crippen molar-refractivity contribution in [2.75, 3.05) is 26.7 Å². The van der Waals surface area contributed by atoms with Gasteiger partial charge in [0.05, 0.1) is 26.7 Å². The summed E-state index contributed by atoms with van der Waals surface area (Å²) in [5.41, 5.74) is 0. The van der Waals surface area contributed by atoms with E-state index >= 15 is 0 Å². The molecule has 10 heavy (non-hydrogen) atoms. The Bertz CT molecular complexity index is 112. The van der Waals surface area contributed by atoms with Crippen LogP contribution < -0.4 is 0 Å². The van der Waals surface area contributed by atoms with Crippen LogP contribution in [-0.4, -0.2) is 31.2 Å². The van der Waals surface area contributed by atoms with E-state index in [0.29, 0.717) is 0 Å². The molecule has 1 rings (SSSR count). The van der Waals surface area contributed by atoms with E-state index < -0.39 is 0 Å². The molecular weight excluding hydrogens is 122 g/mol. The van der Waals surface area contributed by atoms with Crippen molar-refractivity contribution in [1.29, 1.82) is 0 Å². The summed E-state index contributed by atoms with van der Waals surface area (Å²) >= 11 is 0. The van der Waals surface area contributed by atoms with Crippen LogP contribution in [0.3, 0.4) is 0 Å². The number of quaternary nitrogens is 1. The standard InChI is InChI=1S/C9H18N/c1-3-4-7-10(2)8-5-6-9-10/h3H,1,4-9H2,2H3/q+1. The van der Waals surface area contributed by atoms with E-state index in [1.165, 1.54) is 43.4 Å². The molecule has 1 nitrogen and oxygen atoms in total. The van der Waals surface area contributed by atoms with Crippen LogP contribution in [0, 0.1) is 0 Å². The molecule has 0 unspecified atom stereocenters. The molecule has 58 valence electrons. The molecule has 0 aliphatic carbocycles. The first-order valence-corrected chi connectivity index (χ1v) is 4.21. The molecule has 1 heterocycles. The van der Waals surface area contributed by atoms with Gasteiger partial charge in [-0.25, -0.2) is 0 Å². The topological polar surface area (TPSA) is 0 Å². The normalized spacial score (nSPS) is 22.9. The lowest BCUT2D eigenvalue weighted by molar-refractivity contribution is -0.897. The molecule has 1 saturated heterocycles. The molecule has 0 bridgehead atoms. The van der Waals surface area contributed by atoms with E-state index in [9.17, 15) is 0 Å². The third-order valence-electron chi connectivity index (χ3n) is 2.52. The average Bonchev–Trinajstić information content (AvgIpc) is 2.33. The predicted octanol–water partition coefficient (Wildman–Crippen LogP) is 1.80. The molecule has 1 fully saturated rings. The number of likely N-dealkylation sites (tertiary alicyclic amines) is 1. The summed E-state index contributed by atoms with van der Waals surface area (Å²) in [6.07, 6.45) is 6.06. The van der Waals surface area contributed by atoms with E-state index in [0.717, 1.165) is 0 Å². The maximum atomic E-state index is 3.74. The second-order valence-corrected chi connectivity index (χ2v) is 3.57. The van der Waals surface area contributed by atoms with E-state index in [1.54, 1.807) is 0 Å². The zero-order chi connectivity index (χ0) is 7.45. The van der Waals surface area contributed by atoms with Crippen LogP contribution in [-0.2, 0) is 0 Å². The average molecular weight is 140 g/mol. The van der Waals surface area contributed by atoms with Gasteiger partial charge in [0.1, 0.15) is 0 Å². The van der Waals surface area contributed by atoms with Gasteiger partial charge < -0.3 is 4.48 Å². The first-order valence-electron chi connectivity index (χ1n) is 4.21. The quantitative estimate of drug-likeness (QED) is 0.414. The van der Waals surface area contributed by atoms with Crippen LogP contribution in [0.15, 0.2) is 12.7 Å². The van der Waals surface area contributed by atoms with Gasteiger partial charge in [0, 0.05) is 19.3 Å². The van der Waals surface area contributed by atoms with E-state index in [4.69, 9.17) is 0 Å². The zero-order valence-corrected chi connectivity index (χ0v) is 6.97. The van der Waals surface area contributed by atoms with Gasteiger partial charge >= 0.3 is 0 Å². The van der Waals surface area contributed by atoms with Gasteiger partial charge in [-0.3, -0.25) is 0 Å². The first-order chi connectivity index (χ1) is 4.77. The minimum atomic E-state index is 1.18. The highest BCUT2D eigenvalue weighted by Gasteiger charge is 2.25. The highest BCUT2D eigenvalue weighted by atomic mass is 15.3. The van der Waals surface area contributed by atoms with Gasteiger partial charge in [-0.15, -0.1) is 6.58 Å². The van der Waals surface area contributed by atoms with Crippen LogP contribution >= 0.6 is 0 Å². The lowest BCUT2D eigenvalue weighted by Gasteiger charge is -2.28. The second-order valence-electron chi connectivity index (χ2n) is 3.57. The fourth-order valence-corrected chi connectivity index (χ4v) is 1.73. The molecule has 0 atom stereocenters. The Kier molecular flexibility index (Phi) is 2.50. The number of hydrogen-bond acceptors (Lipinski definition) is 0. The molecule has 0 aromatic carbocycles. The van der Waals surface area contributed by atoms with Gasteiger partial charge in [-0.1, -0.05) is 6.08 Å². The molecule has 0 saturated carbocycles. The van der Waals surface area contributed by atoms with E-state index in [-0.39, 0.29) is 0 Å². The third-order valence-corrected chi connectivity index (χ3v) is 2.52. The van der Waals surface area contributed by atoms with E-state index in [1.807, 2.05) is 6.08 Å². The Balaban J connectivity index is 2.28. The molecule has 1 aliphatic heterocycles. The van der Waals surface area contributed by atoms with Crippen molar-refractivity contribution in [3.8, 4) is 0 Å². The summed E-state index contributed by atoms with van der Waals surface area (Å²) in [7, 11) is 2.36. The van der Waals surface area contributed by atoms with Crippen LogP contribution in [0.4, 0.5) is 0 Å². The number of rotatable bonds is 3. The largest absolute Gasteiger partial charge is 0.326 e. The zero-order valence-electron chi connectivity index (χ0n) is 6.97. The van der Waals surface area contributed by atoms with Crippen molar-refractivity contribution in [3.63, 3.8) is 0 Å². The first kappa shape index (κ1) is 7.80. The van der Waals surface area contributed by atoms with Crippen molar-refractivity contribution in [2.24, 2.45) is 0 Å². The molecule has 0 radical (unpaired) electrons. The molecule has 0 aromatic heterocycles. The predicted molar refractivity (Wildman–Crippen MR) is 44.8 cm³/mol.